The Morgan fingerprint density at radius 1 is 0.914 bits per heavy atom. The number of nitrogens with zero attached hydrogens (tertiary/aromatic N) is 2. The van der Waals surface area contributed by atoms with Crippen LogP contribution < -0.4 is 9.62 Å². The summed E-state index contributed by atoms with van der Waals surface area (Å²) in [6, 6.07) is 20.9. The zero-order valence-corrected chi connectivity index (χ0v) is 20.1. The van der Waals surface area contributed by atoms with E-state index in [1.165, 1.54) is 17.7 Å². The molecule has 0 bridgehead atoms. The number of anilines is 1. The molecule has 1 saturated heterocycles. The van der Waals surface area contributed by atoms with Crippen LogP contribution in [0.3, 0.4) is 0 Å². The number of amides is 1. The molecule has 0 atom stereocenters. The molecule has 1 amide bonds. The normalized spacial score (nSPS) is 14.4. The first-order chi connectivity index (χ1) is 16.9. The number of hydrogen-bond donors (Lipinski definition) is 1. The number of sulfonamides is 1. The van der Waals surface area contributed by atoms with Crippen LogP contribution in [0.5, 0.6) is 0 Å². The molecule has 0 unspecified atom stereocenters. The fourth-order valence-corrected chi connectivity index (χ4v) is 5.23. The van der Waals surface area contributed by atoms with Crippen molar-refractivity contribution in [1.82, 2.24) is 10.2 Å². The van der Waals surface area contributed by atoms with Gasteiger partial charge in [0.15, 0.2) is 0 Å². The van der Waals surface area contributed by atoms with Crippen LogP contribution in [0.15, 0.2) is 83.8 Å². The number of morpholine rings is 1. The average molecular weight is 498 g/mol. The highest BCUT2D eigenvalue weighted by atomic mass is 32.2. The summed E-state index contributed by atoms with van der Waals surface area (Å²) in [5.74, 6) is -0.985. The fourth-order valence-electron chi connectivity index (χ4n) is 3.81. The molecule has 3 aromatic rings. The van der Waals surface area contributed by atoms with Gasteiger partial charge in [-0.25, -0.2) is 12.8 Å². The third kappa shape index (κ3) is 6.66. The van der Waals surface area contributed by atoms with Crippen molar-refractivity contribution in [1.29, 1.82) is 0 Å². The van der Waals surface area contributed by atoms with E-state index in [2.05, 4.69) is 10.2 Å². The summed E-state index contributed by atoms with van der Waals surface area (Å²) in [7, 11) is -4.08. The monoisotopic (exact) mass is 497 g/mol. The zero-order valence-electron chi connectivity index (χ0n) is 19.3. The lowest BCUT2D eigenvalue weighted by molar-refractivity contribution is -0.119. The molecular weight excluding hydrogens is 469 g/mol. The molecule has 0 aromatic heterocycles. The lowest BCUT2D eigenvalue weighted by Gasteiger charge is -2.26. The largest absolute Gasteiger partial charge is 0.379 e. The predicted octanol–water partition coefficient (Wildman–Crippen LogP) is 3.17. The third-order valence-corrected chi connectivity index (χ3v) is 7.54. The van der Waals surface area contributed by atoms with Crippen molar-refractivity contribution in [3.05, 3.63) is 95.8 Å². The van der Waals surface area contributed by atoms with Gasteiger partial charge >= 0.3 is 0 Å². The van der Waals surface area contributed by atoms with Crippen molar-refractivity contribution in [3.8, 4) is 0 Å². The highest BCUT2D eigenvalue weighted by Gasteiger charge is 2.27. The Kier molecular flexibility index (Phi) is 8.12. The summed E-state index contributed by atoms with van der Waals surface area (Å²) in [4.78, 5) is 15.0. The van der Waals surface area contributed by atoms with Crippen molar-refractivity contribution in [2.75, 3.05) is 37.2 Å². The molecule has 7 nitrogen and oxygen atoms in total. The van der Waals surface area contributed by atoms with E-state index in [1.807, 2.05) is 24.3 Å². The number of carbonyl (C=O) groups is 1. The predicted molar refractivity (Wildman–Crippen MR) is 132 cm³/mol. The SMILES string of the molecule is O=C(CN(c1ccccc1)S(=O)(=O)c1ccc(F)cc1)NCc1ccc(CN2CCOCC2)cc1. The van der Waals surface area contributed by atoms with Gasteiger partial charge in [0.25, 0.3) is 10.0 Å². The van der Waals surface area contributed by atoms with Gasteiger partial charge in [0.1, 0.15) is 12.4 Å². The quantitative estimate of drug-likeness (QED) is 0.491. The molecule has 35 heavy (non-hydrogen) atoms. The van der Waals surface area contributed by atoms with Gasteiger partial charge in [-0.1, -0.05) is 42.5 Å². The number of nitrogens with one attached hydrogen (secondary N) is 1. The van der Waals surface area contributed by atoms with Crippen molar-refractivity contribution in [3.63, 3.8) is 0 Å². The maximum Gasteiger partial charge on any atom is 0.264 e. The van der Waals surface area contributed by atoms with E-state index in [0.717, 1.165) is 54.8 Å². The minimum atomic E-state index is -4.08. The van der Waals surface area contributed by atoms with E-state index in [-0.39, 0.29) is 11.4 Å². The molecule has 9 heteroatoms. The number of hydrogen-bond acceptors (Lipinski definition) is 5. The van der Waals surface area contributed by atoms with Gasteiger partial charge in [-0.3, -0.25) is 14.0 Å². The topological polar surface area (TPSA) is 79.0 Å². The molecule has 0 spiro atoms. The zero-order chi connectivity index (χ0) is 24.7. The van der Waals surface area contributed by atoms with Crippen LogP contribution in [0.25, 0.3) is 0 Å². The Hall–Kier alpha value is -3.27. The molecule has 4 rings (SSSR count). The Bertz CT molecular complexity index is 1210. The van der Waals surface area contributed by atoms with E-state index in [4.69, 9.17) is 4.74 Å². The lowest BCUT2D eigenvalue weighted by Crippen LogP contribution is -2.40. The number of rotatable bonds is 9. The first-order valence-electron chi connectivity index (χ1n) is 11.4. The second kappa shape index (κ2) is 11.4. The maximum absolute atomic E-state index is 13.3. The van der Waals surface area contributed by atoms with Gasteiger partial charge in [-0.15, -0.1) is 0 Å². The van der Waals surface area contributed by atoms with Crippen molar-refractivity contribution < 1.29 is 22.3 Å². The Morgan fingerprint density at radius 3 is 2.20 bits per heavy atom. The molecule has 1 heterocycles. The lowest BCUT2D eigenvalue weighted by atomic mass is 10.1. The minimum absolute atomic E-state index is 0.0913. The van der Waals surface area contributed by atoms with E-state index in [1.54, 1.807) is 30.3 Å². The summed E-state index contributed by atoms with van der Waals surface area (Å²) < 4.78 is 46.3. The van der Waals surface area contributed by atoms with Crippen LogP contribution in [0, 0.1) is 5.82 Å². The highest BCUT2D eigenvalue weighted by Crippen LogP contribution is 2.23. The number of benzene rings is 3. The van der Waals surface area contributed by atoms with E-state index in [9.17, 15) is 17.6 Å². The average Bonchev–Trinajstić information content (AvgIpc) is 2.88. The van der Waals surface area contributed by atoms with Crippen LogP contribution in [0.2, 0.25) is 0 Å². The van der Waals surface area contributed by atoms with Crippen LogP contribution >= 0.6 is 0 Å². The smallest absolute Gasteiger partial charge is 0.264 e. The molecule has 1 aliphatic heterocycles. The molecule has 1 N–H and O–H groups in total. The third-order valence-electron chi connectivity index (χ3n) is 5.76. The van der Waals surface area contributed by atoms with Crippen molar-refractivity contribution >= 4 is 21.6 Å². The number of ether oxygens (including phenoxy) is 1. The van der Waals surface area contributed by atoms with E-state index < -0.39 is 28.3 Å². The van der Waals surface area contributed by atoms with Crippen molar-refractivity contribution in [2.45, 2.75) is 18.0 Å². The molecule has 3 aromatic carbocycles. The second-order valence-electron chi connectivity index (χ2n) is 8.28. The van der Waals surface area contributed by atoms with Crippen LogP contribution in [0.1, 0.15) is 11.1 Å². The highest BCUT2D eigenvalue weighted by molar-refractivity contribution is 7.92. The standard InChI is InChI=1S/C26H28FN3O4S/c27-23-10-12-25(13-11-23)35(32,33)30(24-4-2-1-3-5-24)20-26(31)28-18-21-6-8-22(9-7-21)19-29-14-16-34-17-15-29/h1-13H,14-20H2,(H,28,31). The molecule has 0 aliphatic carbocycles. The summed E-state index contributed by atoms with van der Waals surface area (Å²) in [6.07, 6.45) is 0. The van der Waals surface area contributed by atoms with Gasteiger partial charge < -0.3 is 10.1 Å². The fraction of sp³-hybridized carbons (Fsp3) is 0.269. The molecule has 1 fully saturated rings. The molecule has 1 aliphatic rings. The van der Waals surface area contributed by atoms with E-state index >= 15 is 0 Å². The van der Waals surface area contributed by atoms with Crippen molar-refractivity contribution in [2.24, 2.45) is 0 Å². The second-order valence-corrected chi connectivity index (χ2v) is 10.1. The van der Waals surface area contributed by atoms with E-state index in [0.29, 0.717) is 5.69 Å². The first kappa shape index (κ1) is 24.8. The van der Waals surface area contributed by atoms with Gasteiger partial charge in [-0.2, -0.15) is 0 Å². The van der Waals surface area contributed by atoms with Crippen LogP contribution in [-0.2, 0) is 32.6 Å². The maximum atomic E-state index is 13.3. The van der Waals surface area contributed by atoms with Crippen LogP contribution in [-0.4, -0.2) is 52.1 Å². The Morgan fingerprint density at radius 2 is 1.54 bits per heavy atom. The minimum Gasteiger partial charge on any atom is -0.379 e. The first-order valence-corrected chi connectivity index (χ1v) is 12.8. The Balaban J connectivity index is 1.40. The van der Waals surface area contributed by atoms with Gasteiger partial charge in [0, 0.05) is 26.2 Å². The van der Waals surface area contributed by atoms with Gasteiger partial charge in [-0.05, 0) is 47.5 Å². The molecular formula is C26H28FN3O4S. The van der Waals surface area contributed by atoms with Gasteiger partial charge in [0.2, 0.25) is 5.91 Å². The molecule has 0 radical (unpaired) electrons. The number of halogens is 1. The van der Waals surface area contributed by atoms with Gasteiger partial charge in [0.05, 0.1) is 23.8 Å². The summed E-state index contributed by atoms with van der Waals surface area (Å²) in [5.41, 5.74) is 2.44. The van der Waals surface area contributed by atoms with Crippen LogP contribution in [0.4, 0.5) is 10.1 Å². The summed E-state index contributed by atoms with van der Waals surface area (Å²) in [6.45, 7) is 4.05. The number of para-hydroxylation sites is 1. The molecule has 0 saturated carbocycles. The molecule has 184 valence electrons. The summed E-state index contributed by atoms with van der Waals surface area (Å²) in [5, 5.41) is 2.80. The number of carbonyl (C=O) groups excluding carboxylic acids is 1. The Labute approximate surface area is 205 Å². The summed E-state index contributed by atoms with van der Waals surface area (Å²) >= 11 is 0.